The van der Waals surface area contributed by atoms with Crippen LogP contribution in [-0.2, 0) is 20.9 Å². The summed E-state index contributed by atoms with van der Waals surface area (Å²) < 4.78 is 5.48. The van der Waals surface area contributed by atoms with Crippen molar-refractivity contribution in [3.8, 4) is 0 Å². The first-order valence-corrected chi connectivity index (χ1v) is 7.70. The third-order valence-corrected chi connectivity index (χ3v) is 3.83. The van der Waals surface area contributed by atoms with E-state index >= 15 is 0 Å². The van der Waals surface area contributed by atoms with Crippen molar-refractivity contribution >= 4 is 12.3 Å². The highest BCUT2D eigenvalue weighted by Crippen LogP contribution is 2.30. The summed E-state index contributed by atoms with van der Waals surface area (Å²) in [4.78, 5) is 29.3. The van der Waals surface area contributed by atoms with Crippen LogP contribution in [0.1, 0.15) is 32.8 Å². The smallest absolute Gasteiger partial charge is 0.324 e. The van der Waals surface area contributed by atoms with Gasteiger partial charge in [0.1, 0.15) is 24.0 Å². The second kappa shape index (κ2) is 6.93. The Balaban J connectivity index is 2.25. The molecule has 122 valence electrons. The molecule has 1 aromatic carbocycles. The molecule has 5 nitrogen and oxygen atoms in total. The molecule has 2 rings (SSSR count). The van der Waals surface area contributed by atoms with Gasteiger partial charge in [0.25, 0.3) is 0 Å². The zero-order valence-corrected chi connectivity index (χ0v) is 13.7. The second-order valence-corrected chi connectivity index (χ2v) is 6.77. The lowest BCUT2D eigenvalue weighted by Gasteiger charge is -2.28. The van der Waals surface area contributed by atoms with Crippen LogP contribution < -0.4 is 0 Å². The van der Waals surface area contributed by atoms with E-state index in [2.05, 4.69) is 4.85 Å². The van der Waals surface area contributed by atoms with E-state index in [-0.39, 0.29) is 5.97 Å². The molecule has 0 radical (unpaired) electrons. The minimum atomic E-state index is -0.595. The van der Waals surface area contributed by atoms with Crippen molar-refractivity contribution in [1.82, 2.24) is 4.90 Å². The first-order chi connectivity index (χ1) is 10.9. The fourth-order valence-electron chi connectivity index (χ4n) is 2.84. The van der Waals surface area contributed by atoms with Gasteiger partial charge >= 0.3 is 5.97 Å². The molecule has 5 heteroatoms. The quantitative estimate of drug-likeness (QED) is 0.487. The van der Waals surface area contributed by atoms with Crippen LogP contribution >= 0.6 is 0 Å². The van der Waals surface area contributed by atoms with Gasteiger partial charge in [0.2, 0.25) is 6.04 Å². The zero-order valence-electron chi connectivity index (χ0n) is 13.7. The standard InChI is InChI=1S/C18H22N2O3/c1-18(2,3)23-17(22)15-10-14(19-4)16(12-21)20(15)11-13-8-6-5-7-9-13/h5-9,12,14-16H,10-11H2,1-3H3. The lowest BCUT2D eigenvalue weighted by molar-refractivity contribution is -0.161. The van der Waals surface area contributed by atoms with E-state index in [1.165, 1.54) is 0 Å². The van der Waals surface area contributed by atoms with Crippen LogP contribution in [0.25, 0.3) is 4.85 Å². The fourth-order valence-corrected chi connectivity index (χ4v) is 2.84. The largest absolute Gasteiger partial charge is 0.459 e. The normalized spacial score (nSPS) is 24.9. The van der Waals surface area contributed by atoms with Gasteiger partial charge in [-0.2, -0.15) is 0 Å². The number of aldehydes is 1. The molecule has 0 aromatic heterocycles. The third kappa shape index (κ3) is 4.17. The molecule has 0 bridgehead atoms. The maximum Gasteiger partial charge on any atom is 0.324 e. The Kier molecular flexibility index (Phi) is 5.17. The SMILES string of the molecule is [C-]#[N+]C1CC(C(=O)OC(C)(C)C)N(Cc2ccccc2)C1C=O. The van der Waals surface area contributed by atoms with E-state index < -0.39 is 23.7 Å². The number of carbonyl (C=O) groups excluding carboxylic acids is 2. The molecule has 1 saturated heterocycles. The van der Waals surface area contributed by atoms with Crippen LogP contribution in [0.3, 0.4) is 0 Å². The number of carbonyl (C=O) groups is 2. The van der Waals surface area contributed by atoms with Crippen molar-refractivity contribution < 1.29 is 14.3 Å². The lowest BCUT2D eigenvalue weighted by Crippen LogP contribution is -2.44. The summed E-state index contributed by atoms with van der Waals surface area (Å²) in [5.41, 5.74) is 0.404. The van der Waals surface area contributed by atoms with E-state index in [9.17, 15) is 9.59 Å². The lowest BCUT2D eigenvalue weighted by atomic mass is 10.1. The number of nitrogens with zero attached hydrogens (tertiary/aromatic N) is 2. The minimum Gasteiger partial charge on any atom is -0.459 e. The number of likely N-dealkylation sites (tertiary alicyclic amines) is 1. The molecule has 0 aliphatic carbocycles. The second-order valence-electron chi connectivity index (χ2n) is 6.77. The van der Waals surface area contributed by atoms with Gasteiger partial charge in [0.05, 0.1) is 6.42 Å². The third-order valence-electron chi connectivity index (χ3n) is 3.83. The Labute approximate surface area is 137 Å². The first kappa shape index (κ1) is 17.2. The Morgan fingerprint density at radius 3 is 2.57 bits per heavy atom. The van der Waals surface area contributed by atoms with E-state index in [0.29, 0.717) is 13.0 Å². The predicted octanol–water partition coefficient (Wildman–Crippen LogP) is 2.46. The highest BCUT2D eigenvalue weighted by atomic mass is 16.6. The molecule has 1 heterocycles. The number of hydrogen-bond donors (Lipinski definition) is 0. The van der Waals surface area contributed by atoms with E-state index in [4.69, 9.17) is 11.3 Å². The van der Waals surface area contributed by atoms with Gasteiger partial charge in [-0.25, -0.2) is 6.57 Å². The van der Waals surface area contributed by atoms with E-state index in [0.717, 1.165) is 11.8 Å². The number of esters is 1. The first-order valence-electron chi connectivity index (χ1n) is 7.70. The van der Waals surface area contributed by atoms with Gasteiger partial charge in [0, 0.05) is 6.54 Å². The number of rotatable bonds is 4. The maximum absolute atomic E-state index is 12.5. The van der Waals surface area contributed by atoms with Crippen LogP contribution in [0.2, 0.25) is 0 Å². The van der Waals surface area contributed by atoms with E-state index in [1.807, 2.05) is 51.1 Å². The average Bonchev–Trinajstić information content (AvgIpc) is 2.84. The summed E-state index contributed by atoms with van der Waals surface area (Å²) in [6.07, 6.45) is 1.10. The number of ether oxygens (including phenoxy) is 1. The van der Waals surface area contributed by atoms with Gasteiger partial charge in [0.15, 0.2) is 0 Å². The number of hydrogen-bond acceptors (Lipinski definition) is 4. The molecule has 23 heavy (non-hydrogen) atoms. The molecule has 0 saturated carbocycles. The monoisotopic (exact) mass is 314 g/mol. The number of benzene rings is 1. The summed E-state index contributed by atoms with van der Waals surface area (Å²) in [7, 11) is 0. The molecule has 3 atom stereocenters. The van der Waals surface area contributed by atoms with Gasteiger partial charge in [-0.1, -0.05) is 30.3 Å². The average molecular weight is 314 g/mol. The summed E-state index contributed by atoms with van der Waals surface area (Å²) in [5.74, 6) is -0.369. The van der Waals surface area contributed by atoms with Gasteiger partial charge < -0.3 is 14.4 Å². The topological polar surface area (TPSA) is 51.0 Å². The molecule has 0 N–H and O–H groups in total. The predicted molar refractivity (Wildman–Crippen MR) is 86.5 cm³/mol. The summed E-state index contributed by atoms with van der Waals surface area (Å²) in [6.45, 7) is 13.2. The molecule has 0 spiro atoms. The molecule has 0 amide bonds. The van der Waals surface area contributed by atoms with Crippen molar-refractivity contribution in [2.75, 3.05) is 0 Å². The highest BCUT2D eigenvalue weighted by molar-refractivity contribution is 5.78. The zero-order chi connectivity index (χ0) is 17.0. The van der Waals surface area contributed by atoms with Crippen LogP contribution in [0, 0.1) is 6.57 Å². The van der Waals surface area contributed by atoms with Crippen molar-refractivity contribution in [2.24, 2.45) is 0 Å². The Bertz CT molecular complexity index is 601. The molecule has 1 aromatic rings. The molecule has 1 fully saturated rings. The fraction of sp³-hybridized carbons (Fsp3) is 0.500. The molecule has 1 aliphatic rings. The maximum atomic E-state index is 12.5. The van der Waals surface area contributed by atoms with Crippen molar-refractivity contribution in [3.63, 3.8) is 0 Å². The van der Waals surface area contributed by atoms with Crippen LogP contribution in [-0.4, -0.2) is 40.9 Å². The van der Waals surface area contributed by atoms with Crippen molar-refractivity contribution in [1.29, 1.82) is 0 Å². The van der Waals surface area contributed by atoms with Gasteiger partial charge in [-0.05, 0) is 26.3 Å². The van der Waals surface area contributed by atoms with Crippen molar-refractivity contribution in [2.45, 2.75) is 57.5 Å². The van der Waals surface area contributed by atoms with Gasteiger partial charge in [-0.3, -0.25) is 9.69 Å². The summed E-state index contributed by atoms with van der Waals surface area (Å²) >= 11 is 0. The highest BCUT2D eigenvalue weighted by Gasteiger charge is 2.49. The Morgan fingerprint density at radius 1 is 1.39 bits per heavy atom. The Hall–Kier alpha value is -2.19. The Morgan fingerprint density at radius 2 is 2.04 bits per heavy atom. The molecular formula is C18H22N2O3. The van der Waals surface area contributed by atoms with Gasteiger partial charge in [-0.15, -0.1) is 0 Å². The summed E-state index contributed by atoms with van der Waals surface area (Å²) in [6, 6.07) is 7.98. The van der Waals surface area contributed by atoms with Crippen LogP contribution in [0.5, 0.6) is 0 Å². The molecule has 1 aliphatic heterocycles. The minimum absolute atomic E-state index is 0.328. The molecule has 3 unspecified atom stereocenters. The van der Waals surface area contributed by atoms with E-state index in [1.54, 1.807) is 4.90 Å². The molecular weight excluding hydrogens is 292 g/mol. The van der Waals surface area contributed by atoms with Crippen LogP contribution in [0.15, 0.2) is 30.3 Å². The summed E-state index contributed by atoms with van der Waals surface area (Å²) in [5, 5.41) is 0. The van der Waals surface area contributed by atoms with Crippen LogP contribution in [0.4, 0.5) is 0 Å². The van der Waals surface area contributed by atoms with Crippen molar-refractivity contribution in [3.05, 3.63) is 47.3 Å².